The normalized spacial score (nSPS) is 18.8. The van der Waals surface area contributed by atoms with Gasteiger partial charge in [-0.25, -0.2) is 4.39 Å². The van der Waals surface area contributed by atoms with Gasteiger partial charge in [-0.1, -0.05) is 6.58 Å². The van der Waals surface area contributed by atoms with Gasteiger partial charge in [0.1, 0.15) is 5.82 Å². The SMILES string of the molecule is C=C(c1cc(S(=C)(C)=O)ccc1N1CCCC1)N1CCN(c2ccc(C(F)(F)F)c(F)c2)CC1. The smallest absolute Gasteiger partial charge is 0.371 e. The summed E-state index contributed by atoms with van der Waals surface area (Å²) >= 11 is 0. The number of rotatable bonds is 5. The van der Waals surface area contributed by atoms with Gasteiger partial charge in [0, 0.05) is 73.1 Å². The van der Waals surface area contributed by atoms with Crippen molar-refractivity contribution in [2.75, 3.05) is 55.3 Å². The average Bonchev–Trinajstić information content (AvgIpc) is 3.31. The molecule has 0 spiro atoms. The fourth-order valence-electron chi connectivity index (χ4n) is 4.58. The van der Waals surface area contributed by atoms with Crippen molar-refractivity contribution in [2.24, 2.45) is 0 Å². The van der Waals surface area contributed by atoms with E-state index in [0.717, 1.165) is 55.0 Å². The van der Waals surface area contributed by atoms with Gasteiger partial charge in [-0.05, 0) is 64.6 Å². The first-order valence-corrected chi connectivity index (χ1v) is 13.4. The van der Waals surface area contributed by atoms with E-state index in [1.807, 2.05) is 23.1 Å². The van der Waals surface area contributed by atoms with E-state index in [2.05, 4.69) is 22.2 Å². The van der Waals surface area contributed by atoms with Crippen molar-refractivity contribution in [1.82, 2.24) is 4.90 Å². The minimum atomic E-state index is -4.71. The lowest BCUT2D eigenvalue weighted by atomic mass is 10.1. The highest BCUT2D eigenvalue weighted by molar-refractivity contribution is 7.99. The van der Waals surface area contributed by atoms with Crippen molar-refractivity contribution in [3.8, 4) is 0 Å². The van der Waals surface area contributed by atoms with Crippen molar-refractivity contribution in [1.29, 1.82) is 0 Å². The molecule has 2 saturated heterocycles. The van der Waals surface area contributed by atoms with Crippen LogP contribution in [0.25, 0.3) is 5.70 Å². The van der Waals surface area contributed by atoms with Gasteiger partial charge in [0.05, 0.1) is 5.56 Å². The van der Waals surface area contributed by atoms with Crippen molar-refractivity contribution in [2.45, 2.75) is 23.9 Å². The standard InChI is InChI=1S/C25H29F4N3OS/c1-18(21-17-20(34(2,3)33)7-9-24(21)32-10-4-5-11-32)30-12-14-31(15-13-30)19-6-8-22(23(26)16-19)25(27,28)29/h6-9,16-17H,1-2,4-5,10-15H2,3H3. The molecular formula is C25H29F4N3OS. The Balaban J connectivity index is 1.53. The van der Waals surface area contributed by atoms with Crippen LogP contribution in [0.1, 0.15) is 24.0 Å². The number of anilines is 2. The van der Waals surface area contributed by atoms with Crippen molar-refractivity contribution >= 4 is 32.5 Å². The summed E-state index contributed by atoms with van der Waals surface area (Å²) in [4.78, 5) is 6.98. The second kappa shape index (κ2) is 9.17. The quantitative estimate of drug-likeness (QED) is 0.434. The number of nitrogens with zero attached hydrogens (tertiary/aromatic N) is 3. The number of alkyl halides is 3. The molecule has 0 N–H and O–H groups in total. The zero-order valence-electron chi connectivity index (χ0n) is 19.2. The Morgan fingerprint density at radius 3 is 2.15 bits per heavy atom. The molecule has 2 aromatic rings. The summed E-state index contributed by atoms with van der Waals surface area (Å²) in [6.07, 6.45) is -0.853. The van der Waals surface area contributed by atoms with Crippen LogP contribution in [0, 0.1) is 5.82 Å². The fraction of sp³-hybridized carbons (Fsp3) is 0.400. The lowest BCUT2D eigenvalue weighted by molar-refractivity contribution is -0.139. The van der Waals surface area contributed by atoms with Gasteiger partial charge >= 0.3 is 6.18 Å². The van der Waals surface area contributed by atoms with E-state index in [1.165, 1.54) is 6.07 Å². The molecule has 2 heterocycles. The van der Waals surface area contributed by atoms with Crippen LogP contribution in [0.15, 0.2) is 47.9 Å². The lowest BCUT2D eigenvalue weighted by Gasteiger charge is -2.39. The molecule has 2 fully saturated rings. The molecule has 0 saturated carbocycles. The third kappa shape index (κ3) is 5.04. The lowest BCUT2D eigenvalue weighted by Crippen LogP contribution is -2.45. The van der Waals surface area contributed by atoms with Crippen LogP contribution in [0.2, 0.25) is 0 Å². The van der Waals surface area contributed by atoms with Gasteiger partial charge < -0.3 is 14.7 Å². The Hall–Kier alpha value is -2.68. The maximum atomic E-state index is 14.0. The third-order valence-electron chi connectivity index (χ3n) is 6.51. The zero-order valence-corrected chi connectivity index (χ0v) is 20.0. The van der Waals surface area contributed by atoms with E-state index in [-0.39, 0.29) is 0 Å². The minimum Gasteiger partial charge on any atom is -0.371 e. The van der Waals surface area contributed by atoms with Crippen LogP contribution < -0.4 is 9.80 Å². The summed E-state index contributed by atoms with van der Waals surface area (Å²) in [7, 11) is -2.39. The zero-order chi connectivity index (χ0) is 24.7. The second-order valence-corrected chi connectivity index (χ2v) is 11.4. The Labute approximate surface area is 198 Å². The van der Waals surface area contributed by atoms with Gasteiger partial charge in [-0.3, -0.25) is 4.21 Å². The van der Waals surface area contributed by atoms with E-state index < -0.39 is 27.1 Å². The molecule has 4 nitrogen and oxygen atoms in total. The summed E-state index contributed by atoms with van der Waals surface area (Å²) in [6, 6.07) is 8.85. The highest BCUT2D eigenvalue weighted by Gasteiger charge is 2.34. The van der Waals surface area contributed by atoms with Crippen molar-refractivity contribution in [3.05, 3.63) is 59.9 Å². The number of benzene rings is 2. The van der Waals surface area contributed by atoms with Crippen LogP contribution in [-0.2, 0) is 15.7 Å². The summed E-state index contributed by atoms with van der Waals surface area (Å²) in [5.41, 5.74) is 1.97. The molecule has 184 valence electrons. The van der Waals surface area contributed by atoms with Gasteiger partial charge in [0.15, 0.2) is 0 Å². The summed E-state index contributed by atoms with van der Waals surface area (Å²) in [6.45, 7) is 8.44. The van der Waals surface area contributed by atoms with Crippen molar-refractivity contribution in [3.63, 3.8) is 0 Å². The molecule has 0 aromatic heterocycles. The van der Waals surface area contributed by atoms with Crippen LogP contribution >= 0.6 is 0 Å². The number of halogens is 4. The van der Waals surface area contributed by atoms with Gasteiger partial charge in [0.25, 0.3) is 0 Å². The molecule has 0 bridgehead atoms. The first-order chi connectivity index (χ1) is 15.9. The van der Waals surface area contributed by atoms with E-state index in [0.29, 0.717) is 36.8 Å². The third-order valence-corrected chi connectivity index (χ3v) is 7.76. The Morgan fingerprint density at radius 2 is 1.59 bits per heavy atom. The van der Waals surface area contributed by atoms with E-state index in [9.17, 15) is 21.8 Å². The molecule has 0 aliphatic carbocycles. The first kappa shape index (κ1) is 24.4. The maximum absolute atomic E-state index is 14.0. The van der Waals surface area contributed by atoms with Crippen LogP contribution in [0.4, 0.5) is 28.9 Å². The second-order valence-electron chi connectivity index (χ2n) is 8.96. The number of piperazine rings is 1. The molecule has 4 rings (SSSR count). The fourth-order valence-corrected chi connectivity index (χ4v) is 5.31. The molecule has 2 aliphatic rings. The molecule has 2 aliphatic heterocycles. The average molecular weight is 496 g/mol. The highest BCUT2D eigenvalue weighted by atomic mass is 32.2. The summed E-state index contributed by atoms with van der Waals surface area (Å²) < 4.78 is 65.3. The van der Waals surface area contributed by atoms with Crippen LogP contribution in [0.5, 0.6) is 0 Å². The molecule has 9 heteroatoms. The van der Waals surface area contributed by atoms with Gasteiger partial charge in [-0.15, -0.1) is 0 Å². The minimum absolute atomic E-state index is 0.429. The number of hydrogen-bond donors (Lipinski definition) is 0. The monoisotopic (exact) mass is 495 g/mol. The molecule has 2 aromatic carbocycles. The largest absolute Gasteiger partial charge is 0.419 e. The van der Waals surface area contributed by atoms with Gasteiger partial charge in [0.2, 0.25) is 0 Å². The topological polar surface area (TPSA) is 26.8 Å². The Morgan fingerprint density at radius 1 is 0.941 bits per heavy atom. The maximum Gasteiger partial charge on any atom is 0.419 e. The summed E-state index contributed by atoms with van der Waals surface area (Å²) in [5, 5.41) is 0. The molecule has 34 heavy (non-hydrogen) atoms. The summed E-state index contributed by atoms with van der Waals surface area (Å²) in [5.74, 6) is 2.55. The van der Waals surface area contributed by atoms with E-state index in [1.54, 1.807) is 6.26 Å². The molecule has 1 unspecified atom stereocenters. The predicted molar refractivity (Wildman–Crippen MR) is 132 cm³/mol. The molecule has 1 atom stereocenters. The Kier molecular flexibility index (Phi) is 6.59. The predicted octanol–water partition coefficient (Wildman–Crippen LogP) is 4.94. The van der Waals surface area contributed by atoms with Gasteiger partial charge in [-0.2, -0.15) is 13.2 Å². The molecule has 0 radical (unpaired) electrons. The number of hydrogen-bond acceptors (Lipinski definition) is 4. The van der Waals surface area contributed by atoms with Crippen LogP contribution in [0.3, 0.4) is 0 Å². The Bertz CT molecular complexity index is 1180. The highest BCUT2D eigenvalue weighted by Crippen LogP contribution is 2.35. The van der Waals surface area contributed by atoms with Crippen molar-refractivity contribution < 1.29 is 21.8 Å². The first-order valence-electron chi connectivity index (χ1n) is 11.2. The van der Waals surface area contributed by atoms with Crippen LogP contribution in [-0.4, -0.2) is 60.5 Å². The van der Waals surface area contributed by atoms with E-state index in [4.69, 9.17) is 0 Å². The molecular weight excluding hydrogens is 466 g/mol. The molecule has 0 amide bonds. The van der Waals surface area contributed by atoms with E-state index >= 15 is 0 Å².